The summed E-state index contributed by atoms with van der Waals surface area (Å²) in [5, 5.41) is 0. The Balaban J connectivity index is 1.92. The molecule has 2 aliphatic rings. The summed E-state index contributed by atoms with van der Waals surface area (Å²) in [5.74, 6) is 0.335. The van der Waals surface area contributed by atoms with Gasteiger partial charge in [0.15, 0.2) is 0 Å². The van der Waals surface area contributed by atoms with Crippen molar-refractivity contribution in [2.45, 2.75) is 38.5 Å². The average Bonchev–Trinajstić information content (AvgIpc) is 3.10. The van der Waals surface area contributed by atoms with Gasteiger partial charge in [0, 0.05) is 5.92 Å². The standard InChI is InChI=1S/C32H32/c1-7-12-23(5)32(24(6)13-8-2)30-17-10-9-16-28(30)29-21-27(18-19-31(29)32)26-15-11-14-25(20-26)22(3)4/h7-17,19-21,27H,3,5-6,18H2,1-2,4H3/b12-7-,13-8-. The molecule has 0 spiro atoms. The molecule has 0 nitrogen and oxygen atoms in total. The summed E-state index contributed by atoms with van der Waals surface area (Å²) in [6.45, 7) is 19.4. The molecule has 0 aromatic heterocycles. The van der Waals surface area contributed by atoms with Crippen LogP contribution in [0.3, 0.4) is 0 Å². The van der Waals surface area contributed by atoms with Crippen molar-refractivity contribution >= 4 is 11.1 Å². The molecule has 2 aliphatic carbocycles. The van der Waals surface area contributed by atoms with E-state index in [1.807, 2.05) is 0 Å². The SMILES string of the molecule is C=C(C)c1cccc(C2C=C3C(=CC2)C(C(=C)/C=C\C)(C(=C)/C=C\C)c2ccccc23)c1. The van der Waals surface area contributed by atoms with Crippen molar-refractivity contribution < 1.29 is 0 Å². The van der Waals surface area contributed by atoms with Gasteiger partial charge in [-0.25, -0.2) is 0 Å². The molecule has 0 radical (unpaired) electrons. The molecule has 160 valence electrons. The van der Waals surface area contributed by atoms with Crippen molar-refractivity contribution in [3.05, 3.63) is 144 Å². The maximum atomic E-state index is 4.54. The Kier molecular flexibility index (Phi) is 5.89. The van der Waals surface area contributed by atoms with Gasteiger partial charge in [0.2, 0.25) is 0 Å². The van der Waals surface area contributed by atoms with Gasteiger partial charge >= 0.3 is 0 Å². The van der Waals surface area contributed by atoms with E-state index in [9.17, 15) is 0 Å². The minimum absolute atomic E-state index is 0.335. The number of rotatable bonds is 6. The number of hydrogen-bond donors (Lipinski definition) is 0. The third kappa shape index (κ3) is 3.31. The average molecular weight is 417 g/mol. The highest BCUT2D eigenvalue weighted by atomic mass is 14.5. The molecule has 0 amide bonds. The second-order valence-corrected chi connectivity index (χ2v) is 8.79. The number of fused-ring (bicyclic) bond motifs is 3. The quantitative estimate of drug-likeness (QED) is 0.413. The summed E-state index contributed by atoms with van der Waals surface area (Å²) in [7, 11) is 0. The molecule has 0 fully saturated rings. The molecule has 0 bridgehead atoms. The minimum Gasteiger partial charge on any atom is -0.0955 e. The van der Waals surface area contributed by atoms with Crippen molar-refractivity contribution in [2.24, 2.45) is 0 Å². The van der Waals surface area contributed by atoms with Gasteiger partial charge < -0.3 is 0 Å². The van der Waals surface area contributed by atoms with Crippen LogP contribution in [0.15, 0.2) is 121 Å². The van der Waals surface area contributed by atoms with E-state index in [2.05, 4.69) is 125 Å². The van der Waals surface area contributed by atoms with Crippen molar-refractivity contribution in [3.8, 4) is 0 Å². The Labute approximate surface area is 193 Å². The Hall–Kier alpha value is -3.38. The Morgan fingerprint density at radius 2 is 1.62 bits per heavy atom. The van der Waals surface area contributed by atoms with Crippen LogP contribution >= 0.6 is 0 Å². The second-order valence-electron chi connectivity index (χ2n) is 8.79. The van der Waals surface area contributed by atoms with Crippen LogP contribution in [0.5, 0.6) is 0 Å². The lowest BCUT2D eigenvalue weighted by molar-refractivity contribution is 0.748. The van der Waals surface area contributed by atoms with Gasteiger partial charge in [-0.2, -0.15) is 0 Å². The summed E-state index contributed by atoms with van der Waals surface area (Å²) in [6.07, 6.45) is 14.3. The molecule has 1 atom stereocenters. The van der Waals surface area contributed by atoms with E-state index in [4.69, 9.17) is 0 Å². The molecule has 0 saturated heterocycles. The van der Waals surface area contributed by atoms with Crippen LogP contribution in [0, 0.1) is 0 Å². The first-order chi connectivity index (χ1) is 15.4. The van der Waals surface area contributed by atoms with Gasteiger partial charge in [-0.05, 0) is 71.7 Å². The Morgan fingerprint density at radius 1 is 0.938 bits per heavy atom. The minimum atomic E-state index is -0.425. The van der Waals surface area contributed by atoms with Crippen molar-refractivity contribution in [3.63, 3.8) is 0 Å². The zero-order chi connectivity index (χ0) is 22.9. The number of allylic oxidation sites excluding steroid dienone is 11. The molecular weight excluding hydrogens is 384 g/mol. The van der Waals surface area contributed by atoms with E-state index in [0.717, 1.165) is 23.1 Å². The molecular formula is C32H32. The zero-order valence-electron chi connectivity index (χ0n) is 19.5. The van der Waals surface area contributed by atoms with E-state index in [1.165, 1.54) is 33.4 Å². The molecule has 0 saturated carbocycles. The predicted octanol–water partition coefficient (Wildman–Crippen LogP) is 8.73. The fraction of sp³-hybridized carbons (Fsp3) is 0.188. The zero-order valence-corrected chi connectivity index (χ0v) is 19.5. The maximum absolute atomic E-state index is 4.54. The maximum Gasteiger partial charge on any atom is 0.0698 e. The lowest BCUT2D eigenvalue weighted by Crippen LogP contribution is -2.29. The molecule has 4 rings (SSSR count). The molecule has 0 heterocycles. The lowest BCUT2D eigenvalue weighted by Gasteiger charge is -2.36. The van der Waals surface area contributed by atoms with E-state index in [1.54, 1.807) is 0 Å². The molecule has 2 aromatic carbocycles. The van der Waals surface area contributed by atoms with E-state index in [-0.39, 0.29) is 0 Å². The third-order valence-electron chi connectivity index (χ3n) is 6.77. The van der Waals surface area contributed by atoms with Crippen molar-refractivity contribution in [2.75, 3.05) is 0 Å². The van der Waals surface area contributed by atoms with Crippen LogP contribution in [0.1, 0.15) is 55.4 Å². The summed E-state index contributed by atoms with van der Waals surface area (Å²) < 4.78 is 0. The first-order valence-electron chi connectivity index (χ1n) is 11.4. The van der Waals surface area contributed by atoms with Gasteiger partial charge in [0.1, 0.15) is 0 Å². The van der Waals surface area contributed by atoms with Crippen LogP contribution in [-0.2, 0) is 5.41 Å². The topological polar surface area (TPSA) is 0 Å². The second kappa shape index (κ2) is 8.63. The Morgan fingerprint density at radius 3 is 2.28 bits per heavy atom. The summed E-state index contributed by atoms with van der Waals surface area (Å²) in [5.41, 5.74) is 10.5. The summed E-state index contributed by atoms with van der Waals surface area (Å²) in [6, 6.07) is 17.6. The van der Waals surface area contributed by atoms with Crippen LogP contribution in [0.2, 0.25) is 0 Å². The molecule has 1 unspecified atom stereocenters. The van der Waals surface area contributed by atoms with Gasteiger partial charge in [0.05, 0.1) is 5.41 Å². The van der Waals surface area contributed by atoms with Crippen molar-refractivity contribution in [1.82, 2.24) is 0 Å². The highest BCUT2D eigenvalue weighted by Gasteiger charge is 2.48. The number of benzene rings is 2. The highest BCUT2D eigenvalue weighted by molar-refractivity contribution is 5.95. The van der Waals surface area contributed by atoms with Gasteiger partial charge in [-0.3, -0.25) is 0 Å². The van der Waals surface area contributed by atoms with Gasteiger partial charge in [-0.1, -0.05) is 110 Å². The van der Waals surface area contributed by atoms with Crippen LogP contribution < -0.4 is 0 Å². The molecule has 0 aliphatic heterocycles. The van der Waals surface area contributed by atoms with Crippen LogP contribution in [0.4, 0.5) is 0 Å². The Bertz CT molecular complexity index is 1200. The normalized spacial score (nSPS) is 18.8. The van der Waals surface area contributed by atoms with E-state index < -0.39 is 5.41 Å². The summed E-state index contributed by atoms with van der Waals surface area (Å²) >= 11 is 0. The largest absolute Gasteiger partial charge is 0.0955 e. The third-order valence-corrected chi connectivity index (χ3v) is 6.77. The van der Waals surface area contributed by atoms with Crippen LogP contribution in [0.25, 0.3) is 11.1 Å². The molecule has 0 N–H and O–H groups in total. The van der Waals surface area contributed by atoms with Gasteiger partial charge in [0.25, 0.3) is 0 Å². The van der Waals surface area contributed by atoms with E-state index in [0.29, 0.717) is 5.92 Å². The lowest BCUT2D eigenvalue weighted by atomic mass is 9.66. The fourth-order valence-corrected chi connectivity index (χ4v) is 5.31. The summed E-state index contributed by atoms with van der Waals surface area (Å²) in [4.78, 5) is 0. The predicted molar refractivity (Wildman–Crippen MR) is 141 cm³/mol. The van der Waals surface area contributed by atoms with E-state index >= 15 is 0 Å². The first-order valence-corrected chi connectivity index (χ1v) is 11.4. The first kappa shape index (κ1) is 21.8. The smallest absolute Gasteiger partial charge is 0.0698 e. The number of hydrogen-bond acceptors (Lipinski definition) is 0. The molecule has 0 heteroatoms. The molecule has 2 aromatic rings. The van der Waals surface area contributed by atoms with Crippen molar-refractivity contribution in [1.29, 1.82) is 0 Å². The fourth-order valence-electron chi connectivity index (χ4n) is 5.31. The highest BCUT2D eigenvalue weighted by Crippen LogP contribution is 2.59. The monoisotopic (exact) mass is 416 g/mol. The molecule has 32 heavy (non-hydrogen) atoms. The van der Waals surface area contributed by atoms with Crippen LogP contribution in [-0.4, -0.2) is 0 Å². The van der Waals surface area contributed by atoms with Gasteiger partial charge in [-0.15, -0.1) is 0 Å².